The van der Waals surface area contributed by atoms with Gasteiger partial charge in [-0.3, -0.25) is 4.55 Å². The summed E-state index contributed by atoms with van der Waals surface area (Å²) in [5.74, 6) is -3.43. The second-order valence-corrected chi connectivity index (χ2v) is 4.99. The second-order valence-electron chi connectivity index (χ2n) is 3.60. The molecule has 0 radical (unpaired) electrons. The molecule has 1 rings (SSSR count). The smallest absolute Gasteiger partial charge is 0.337 e. The van der Waals surface area contributed by atoms with Crippen molar-refractivity contribution in [3.05, 3.63) is 52.4 Å². The maximum absolute atomic E-state index is 11.3. The number of hydrogen-bond acceptors (Lipinski definition) is 4. The Bertz CT molecular complexity index is 684. The Kier molecular flexibility index (Phi) is 4.78. The van der Waals surface area contributed by atoms with E-state index in [1.165, 1.54) is 12.1 Å². The molecule has 0 amide bonds. The van der Waals surface area contributed by atoms with Crippen LogP contribution in [0.4, 0.5) is 0 Å². The molecule has 0 saturated heterocycles. The van der Waals surface area contributed by atoms with Gasteiger partial charge < -0.3 is 10.2 Å². The van der Waals surface area contributed by atoms with Crippen LogP contribution < -0.4 is 0 Å². The SMILES string of the molecule is O=C(O)/C=C(\C(=O)O)C(=Cc1ccccc1)S(=O)(=O)O. The molecular weight excluding hydrogens is 288 g/mol. The van der Waals surface area contributed by atoms with E-state index < -0.39 is 32.5 Å². The van der Waals surface area contributed by atoms with Gasteiger partial charge in [-0.25, -0.2) is 9.59 Å². The summed E-state index contributed by atoms with van der Waals surface area (Å²) in [4.78, 5) is 20.5. The third-order valence-corrected chi connectivity index (χ3v) is 3.03. The van der Waals surface area contributed by atoms with Crippen molar-refractivity contribution in [1.29, 1.82) is 0 Å². The van der Waals surface area contributed by atoms with Gasteiger partial charge in [0.05, 0.1) is 5.57 Å². The lowest BCUT2D eigenvalue weighted by Crippen LogP contribution is -2.13. The van der Waals surface area contributed by atoms with Crippen molar-refractivity contribution in [1.82, 2.24) is 0 Å². The number of aliphatic carboxylic acids is 2. The predicted octanol–water partition coefficient (Wildman–Crippen LogP) is 1.01. The molecule has 0 atom stereocenters. The molecule has 3 N–H and O–H groups in total. The topological polar surface area (TPSA) is 129 Å². The van der Waals surface area contributed by atoms with Crippen molar-refractivity contribution in [2.75, 3.05) is 0 Å². The van der Waals surface area contributed by atoms with Gasteiger partial charge in [-0.15, -0.1) is 0 Å². The number of carboxylic acid groups (broad SMARTS) is 2. The maximum atomic E-state index is 11.3. The Hall–Kier alpha value is -2.45. The van der Waals surface area contributed by atoms with Crippen molar-refractivity contribution in [3.63, 3.8) is 0 Å². The summed E-state index contributed by atoms with van der Waals surface area (Å²) in [5, 5.41) is 17.5. The van der Waals surface area contributed by atoms with Gasteiger partial charge in [-0.1, -0.05) is 30.3 Å². The normalized spacial score (nSPS) is 13.1. The number of benzene rings is 1. The highest BCUT2D eigenvalue weighted by atomic mass is 32.2. The molecule has 0 saturated carbocycles. The first-order valence-corrected chi connectivity index (χ1v) is 6.58. The lowest BCUT2D eigenvalue weighted by molar-refractivity contribution is -0.134. The monoisotopic (exact) mass is 298 g/mol. The molecule has 1 aromatic rings. The molecule has 0 heterocycles. The highest BCUT2D eigenvalue weighted by Crippen LogP contribution is 2.20. The molecule has 106 valence electrons. The van der Waals surface area contributed by atoms with Gasteiger partial charge in [0.1, 0.15) is 4.91 Å². The van der Waals surface area contributed by atoms with Gasteiger partial charge in [0.2, 0.25) is 0 Å². The lowest BCUT2D eigenvalue weighted by atomic mass is 10.1. The van der Waals surface area contributed by atoms with E-state index in [2.05, 4.69) is 0 Å². The molecular formula is C12H10O7S. The van der Waals surface area contributed by atoms with E-state index in [-0.39, 0.29) is 11.6 Å². The molecule has 20 heavy (non-hydrogen) atoms. The molecule has 0 aliphatic carbocycles. The lowest BCUT2D eigenvalue weighted by Gasteiger charge is -2.05. The van der Waals surface area contributed by atoms with Crippen LogP contribution in [0.3, 0.4) is 0 Å². The van der Waals surface area contributed by atoms with E-state index in [0.29, 0.717) is 0 Å². The van der Waals surface area contributed by atoms with Crippen molar-refractivity contribution >= 4 is 28.1 Å². The summed E-state index contributed by atoms with van der Waals surface area (Å²) < 4.78 is 31.6. The van der Waals surface area contributed by atoms with Crippen LogP contribution in [0, 0.1) is 0 Å². The van der Waals surface area contributed by atoms with Gasteiger partial charge in [0, 0.05) is 6.08 Å². The molecule has 7 nitrogen and oxygen atoms in total. The van der Waals surface area contributed by atoms with E-state index in [0.717, 1.165) is 6.08 Å². The number of hydrogen-bond donors (Lipinski definition) is 3. The summed E-state index contributed by atoms with van der Waals surface area (Å²) in [6.07, 6.45) is 1.07. The molecule has 0 unspecified atom stereocenters. The van der Waals surface area contributed by atoms with Gasteiger partial charge in [-0.2, -0.15) is 8.42 Å². The number of carboxylic acids is 2. The van der Waals surface area contributed by atoms with E-state index >= 15 is 0 Å². The van der Waals surface area contributed by atoms with Crippen molar-refractivity contribution in [3.8, 4) is 0 Å². The zero-order valence-electron chi connectivity index (χ0n) is 9.92. The highest BCUT2D eigenvalue weighted by molar-refractivity contribution is 7.90. The Balaban J connectivity index is 3.52. The van der Waals surface area contributed by atoms with Crippen LogP contribution in [0.25, 0.3) is 6.08 Å². The standard InChI is InChI=1S/C12H10O7S/c13-11(14)7-9(12(15)16)10(20(17,18)19)6-8-4-2-1-3-5-8/h1-7H,(H,13,14)(H,15,16)(H,17,18,19)/b9-7-,10-6?. The fraction of sp³-hybridized carbons (Fsp3) is 0. The average Bonchev–Trinajstić information content (AvgIpc) is 2.33. The van der Waals surface area contributed by atoms with Crippen molar-refractivity contribution in [2.45, 2.75) is 0 Å². The number of carbonyl (C=O) groups is 2. The molecule has 1 aromatic carbocycles. The fourth-order valence-corrected chi connectivity index (χ4v) is 2.06. The van der Waals surface area contributed by atoms with E-state index in [1.54, 1.807) is 18.2 Å². The number of rotatable bonds is 5. The summed E-state index contributed by atoms with van der Waals surface area (Å²) in [7, 11) is -4.90. The van der Waals surface area contributed by atoms with Crippen LogP contribution in [0.2, 0.25) is 0 Å². The molecule has 0 spiro atoms. The molecule has 0 fully saturated rings. The van der Waals surface area contributed by atoms with Gasteiger partial charge >= 0.3 is 11.9 Å². The second kappa shape index (κ2) is 6.13. The summed E-state index contributed by atoms with van der Waals surface area (Å²) >= 11 is 0. The van der Waals surface area contributed by atoms with Gasteiger partial charge in [0.25, 0.3) is 10.1 Å². The van der Waals surface area contributed by atoms with Crippen molar-refractivity contribution < 1.29 is 32.8 Å². The first-order valence-electron chi connectivity index (χ1n) is 5.14. The van der Waals surface area contributed by atoms with E-state index in [9.17, 15) is 18.0 Å². The first-order chi connectivity index (χ1) is 9.21. The van der Waals surface area contributed by atoms with Gasteiger partial charge in [0.15, 0.2) is 0 Å². The van der Waals surface area contributed by atoms with E-state index in [4.69, 9.17) is 14.8 Å². The molecule has 8 heteroatoms. The molecule has 0 aromatic heterocycles. The summed E-state index contributed by atoms with van der Waals surface area (Å²) in [6.45, 7) is 0. The van der Waals surface area contributed by atoms with Crippen LogP contribution in [0.1, 0.15) is 5.56 Å². The quantitative estimate of drug-likeness (QED) is 0.420. The summed E-state index contributed by atoms with van der Waals surface area (Å²) in [6, 6.07) is 7.70. The van der Waals surface area contributed by atoms with Gasteiger partial charge in [-0.05, 0) is 11.6 Å². The zero-order valence-corrected chi connectivity index (χ0v) is 10.7. The van der Waals surface area contributed by atoms with Crippen LogP contribution in [-0.2, 0) is 19.7 Å². The minimum Gasteiger partial charge on any atom is -0.478 e. The zero-order chi connectivity index (χ0) is 15.3. The first kappa shape index (κ1) is 15.6. The minimum atomic E-state index is -4.90. The maximum Gasteiger partial charge on any atom is 0.337 e. The molecule has 0 aliphatic heterocycles. The fourth-order valence-electron chi connectivity index (χ4n) is 1.35. The largest absolute Gasteiger partial charge is 0.478 e. The van der Waals surface area contributed by atoms with Crippen LogP contribution in [0.5, 0.6) is 0 Å². The van der Waals surface area contributed by atoms with Crippen LogP contribution >= 0.6 is 0 Å². The predicted molar refractivity (Wildman–Crippen MR) is 69.3 cm³/mol. The van der Waals surface area contributed by atoms with Crippen molar-refractivity contribution in [2.24, 2.45) is 0 Å². The average molecular weight is 298 g/mol. The third kappa shape index (κ3) is 4.34. The minimum absolute atomic E-state index is 0.199. The molecule has 0 bridgehead atoms. The summed E-state index contributed by atoms with van der Waals surface area (Å²) in [5.41, 5.74) is -0.749. The Labute approximate surface area is 114 Å². The Morgan fingerprint density at radius 1 is 1.05 bits per heavy atom. The molecule has 0 aliphatic rings. The van der Waals surface area contributed by atoms with Crippen LogP contribution in [0.15, 0.2) is 46.9 Å². The van der Waals surface area contributed by atoms with Crippen LogP contribution in [-0.4, -0.2) is 35.1 Å². The van der Waals surface area contributed by atoms with E-state index in [1.807, 2.05) is 0 Å². The third-order valence-electron chi connectivity index (χ3n) is 2.14. The Morgan fingerprint density at radius 2 is 1.60 bits per heavy atom. The Morgan fingerprint density at radius 3 is 2.00 bits per heavy atom. The highest BCUT2D eigenvalue weighted by Gasteiger charge is 2.25.